The van der Waals surface area contributed by atoms with Crippen molar-refractivity contribution in [3.8, 4) is 11.5 Å². The summed E-state index contributed by atoms with van der Waals surface area (Å²) in [5.74, 6) is 0.246. The van der Waals surface area contributed by atoms with Gasteiger partial charge in [0.25, 0.3) is 0 Å². The van der Waals surface area contributed by atoms with E-state index in [1.807, 2.05) is 6.92 Å². The molecule has 1 N–H and O–H groups in total. The summed E-state index contributed by atoms with van der Waals surface area (Å²) in [6.07, 6.45) is 1.22. The molecule has 1 fully saturated rings. The van der Waals surface area contributed by atoms with Crippen molar-refractivity contribution < 1.29 is 19.4 Å². The molecule has 0 spiro atoms. The highest BCUT2D eigenvalue weighted by Crippen LogP contribution is 2.54. The number of rotatable bonds is 4. The minimum atomic E-state index is -0.841. The number of benzene rings is 1. The van der Waals surface area contributed by atoms with E-state index in [0.717, 1.165) is 5.56 Å². The highest BCUT2D eigenvalue weighted by Gasteiger charge is 2.54. The third-order valence-corrected chi connectivity index (χ3v) is 3.78. The maximum Gasteiger partial charge on any atom is 0.314 e. The summed E-state index contributed by atoms with van der Waals surface area (Å²) in [4.78, 5) is 11.4. The smallest absolute Gasteiger partial charge is 0.314 e. The molecule has 0 unspecified atom stereocenters. The number of ether oxygens (including phenoxy) is 2. The number of halogens is 1. The Labute approximate surface area is 110 Å². The SMILES string of the molecule is COc1c(Cl)cc(C2(C(=O)O)CC2)c(OC)c1C. The van der Waals surface area contributed by atoms with Crippen LogP contribution in [0.5, 0.6) is 11.5 Å². The molecular formula is C13H15ClO4. The van der Waals surface area contributed by atoms with Gasteiger partial charge in [-0.05, 0) is 25.8 Å². The zero-order valence-electron chi connectivity index (χ0n) is 10.5. The lowest BCUT2D eigenvalue weighted by Gasteiger charge is -2.19. The number of carboxylic acids is 1. The molecule has 0 atom stereocenters. The molecule has 0 saturated heterocycles. The van der Waals surface area contributed by atoms with Gasteiger partial charge in [0, 0.05) is 11.1 Å². The second kappa shape index (κ2) is 4.35. The Morgan fingerprint density at radius 3 is 2.28 bits per heavy atom. The number of carbonyl (C=O) groups is 1. The molecule has 1 aromatic carbocycles. The van der Waals surface area contributed by atoms with Gasteiger partial charge in [0.05, 0.1) is 24.7 Å². The molecule has 0 heterocycles. The zero-order valence-corrected chi connectivity index (χ0v) is 11.3. The maximum atomic E-state index is 11.4. The van der Waals surface area contributed by atoms with Crippen molar-refractivity contribution in [1.29, 1.82) is 0 Å². The first kappa shape index (κ1) is 13.0. The second-order valence-electron chi connectivity index (χ2n) is 4.48. The van der Waals surface area contributed by atoms with E-state index in [1.54, 1.807) is 6.07 Å². The summed E-state index contributed by atoms with van der Waals surface area (Å²) in [5, 5.41) is 9.77. The molecule has 0 amide bonds. The predicted molar refractivity (Wildman–Crippen MR) is 67.8 cm³/mol. The molecular weight excluding hydrogens is 256 g/mol. The molecule has 0 bridgehead atoms. The van der Waals surface area contributed by atoms with Gasteiger partial charge in [0.1, 0.15) is 11.5 Å². The van der Waals surface area contributed by atoms with Gasteiger partial charge in [-0.1, -0.05) is 11.6 Å². The van der Waals surface area contributed by atoms with E-state index in [4.69, 9.17) is 21.1 Å². The first-order valence-corrected chi connectivity index (χ1v) is 6.00. The maximum absolute atomic E-state index is 11.4. The number of hydrogen-bond acceptors (Lipinski definition) is 3. The van der Waals surface area contributed by atoms with Crippen LogP contribution in [0.3, 0.4) is 0 Å². The minimum Gasteiger partial charge on any atom is -0.496 e. The molecule has 1 aliphatic carbocycles. The lowest BCUT2D eigenvalue weighted by atomic mass is 9.93. The Hall–Kier alpha value is -1.42. The topological polar surface area (TPSA) is 55.8 Å². The van der Waals surface area contributed by atoms with Gasteiger partial charge in [-0.25, -0.2) is 0 Å². The summed E-state index contributed by atoms with van der Waals surface area (Å²) < 4.78 is 10.6. The standard InChI is InChI=1S/C13H15ClO4/c1-7-10(17-2)8(6-9(14)11(7)18-3)13(4-5-13)12(15)16/h6H,4-5H2,1-3H3,(H,15,16). The lowest BCUT2D eigenvalue weighted by molar-refractivity contribution is -0.140. The number of aliphatic carboxylic acids is 1. The van der Waals surface area contributed by atoms with Crippen molar-refractivity contribution in [1.82, 2.24) is 0 Å². The molecule has 1 saturated carbocycles. The summed E-state index contributed by atoms with van der Waals surface area (Å²) >= 11 is 6.13. The summed E-state index contributed by atoms with van der Waals surface area (Å²) in [5.41, 5.74) is 0.530. The van der Waals surface area contributed by atoms with Crippen molar-refractivity contribution in [2.24, 2.45) is 0 Å². The highest BCUT2D eigenvalue weighted by molar-refractivity contribution is 6.32. The Bertz CT molecular complexity index is 506. The predicted octanol–water partition coefficient (Wildman–Crippen LogP) is 2.78. The highest BCUT2D eigenvalue weighted by atomic mass is 35.5. The second-order valence-corrected chi connectivity index (χ2v) is 4.89. The van der Waals surface area contributed by atoms with Crippen LogP contribution in [-0.2, 0) is 10.2 Å². The number of carboxylic acid groups (broad SMARTS) is 1. The zero-order chi connectivity index (χ0) is 13.5. The average molecular weight is 271 g/mol. The summed E-state index contributed by atoms with van der Waals surface area (Å²) in [6.45, 7) is 1.81. The van der Waals surface area contributed by atoms with Gasteiger partial charge < -0.3 is 14.6 Å². The first-order valence-electron chi connectivity index (χ1n) is 5.63. The van der Waals surface area contributed by atoms with Gasteiger partial charge in [-0.2, -0.15) is 0 Å². The van der Waals surface area contributed by atoms with E-state index in [-0.39, 0.29) is 0 Å². The van der Waals surface area contributed by atoms with Crippen LogP contribution in [0, 0.1) is 6.92 Å². The fraction of sp³-hybridized carbons (Fsp3) is 0.462. The van der Waals surface area contributed by atoms with Gasteiger partial charge in [0.15, 0.2) is 0 Å². The van der Waals surface area contributed by atoms with E-state index >= 15 is 0 Å². The molecule has 5 heteroatoms. The number of hydrogen-bond donors (Lipinski definition) is 1. The molecule has 4 nitrogen and oxygen atoms in total. The molecule has 2 rings (SSSR count). The Morgan fingerprint density at radius 1 is 1.33 bits per heavy atom. The average Bonchev–Trinajstić information content (AvgIpc) is 3.10. The van der Waals surface area contributed by atoms with Gasteiger partial charge >= 0.3 is 5.97 Å². The van der Waals surface area contributed by atoms with Gasteiger partial charge in [-0.15, -0.1) is 0 Å². The Kier molecular flexibility index (Phi) is 3.15. The van der Waals surface area contributed by atoms with Crippen molar-refractivity contribution in [2.75, 3.05) is 14.2 Å². The third kappa shape index (κ3) is 1.72. The Morgan fingerprint density at radius 2 is 1.89 bits per heavy atom. The first-order chi connectivity index (χ1) is 8.47. The fourth-order valence-corrected chi connectivity index (χ4v) is 2.66. The summed E-state index contributed by atoms with van der Waals surface area (Å²) in [6, 6.07) is 1.65. The minimum absolute atomic E-state index is 0.415. The van der Waals surface area contributed by atoms with Crippen molar-refractivity contribution >= 4 is 17.6 Å². The van der Waals surface area contributed by atoms with Crippen molar-refractivity contribution in [3.63, 3.8) is 0 Å². The van der Waals surface area contributed by atoms with Crippen LogP contribution in [0.25, 0.3) is 0 Å². The fourth-order valence-electron chi connectivity index (χ4n) is 2.33. The van der Waals surface area contributed by atoms with Crippen LogP contribution >= 0.6 is 11.6 Å². The Balaban J connectivity index is 2.66. The quantitative estimate of drug-likeness (QED) is 0.914. The van der Waals surface area contributed by atoms with Gasteiger partial charge in [0.2, 0.25) is 0 Å². The van der Waals surface area contributed by atoms with Crippen LogP contribution < -0.4 is 9.47 Å². The van der Waals surface area contributed by atoms with Crippen molar-refractivity contribution in [2.45, 2.75) is 25.2 Å². The monoisotopic (exact) mass is 270 g/mol. The van der Waals surface area contributed by atoms with E-state index in [0.29, 0.717) is 34.9 Å². The van der Waals surface area contributed by atoms with E-state index < -0.39 is 11.4 Å². The molecule has 0 radical (unpaired) electrons. The van der Waals surface area contributed by atoms with E-state index in [2.05, 4.69) is 0 Å². The third-order valence-electron chi connectivity index (χ3n) is 3.50. The molecule has 1 aromatic rings. The van der Waals surface area contributed by atoms with Crippen LogP contribution in [0.4, 0.5) is 0 Å². The van der Waals surface area contributed by atoms with Gasteiger partial charge in [-0.3, -0.25) is 4.79 Å². The van der Waals surface area contributed by atoms with Crippen molar-refractivity contribution in [3.05, 3.63) is 22.2 Å². The van der Waals surface area contributed by atoms with Crippen LogP contribution in [0.2, 0.25) is 5.02 Å². The molecule has 18 heavy (non-hydrogen) atoms. The molecule has 98 valence electrons. The summed E-state index contributed by atoms with van der Waals surface area (Å²) in [7, 11) is 3.05. The van der Waals surface area contributed by atoms with Crippen LogP contribution in [-0.4, -0.2) is 25.3 Å². The van der Waals surface area contributed by atoms with E-state index in [9.17, 15) is 9.90 Å². The molecule has 1 aliphatic rings. The lowest BCUT2D eigenvalue weighted by Crippen LogP contribution is -2.21. The molecule has 0 aromatic heterocycles. The molecule has 0 aliphatic heterocycles. The van der Waals surface area contributed by atoms with Crippen LogP contribution in [0.1, 0.15) is 24.0 Å². The van der Waals surface area contributed by atoms with Crippen LogP contribution in [0.15, 0.2) is 6.07 Å². The normalized spacial score (nSPS) is 16.2. The number of methoxy groups -OCH3 is 2. The van der Waals surface area contributed by atoms with E-state index in [1.165, 1.54) is 14.2 Å². The largest absolute Gasteiger partial charge is 0.496 e.